The molecule has 0 fully saturated rings. The predicted octanol–water partition coefficient (Wildman–Crippen LogP) is 1.97. The van der Waals surface area contributed by atoms with Gasteiger partial charge < -0.3 is 24.8 Å². The van der Waals surface area contributed by atoms with Crippen LogP contribution in [0.15, 0.2) is 36.4 Å². The average molecular weight is 340 g/mol. The second kappa shape index (κ2) is 6.35. The molecule has 2 heterocycles. The SMILES string of the molecule is O=C(Cc1ccc2c(c1)NC(=O)CO2)Nc1ccc2c(c1)OCCO2. The van der Waals surface area contributed by atoms with Gasteiger partial charge in [-0.3, -0.25) is 9.59 Å². The van der Waals surface area contributed by atoms with Gasteiger partial charge in [-0.2, -0.15) is 0 Å². The van der Waals surface area contributed by atoms with Gasteiger partial charge in [-0.1, -0.05) is 6.07 Å². The summed E-state index contributed by atoms with van der Waals surface area (Å²) in [5, 5.41) is 5.57. The van der Waals surface area contributed by atoms with Crippen LogP contribution < -0.4 is 24.8 Å². The number of carbonyl (C=O) groups excluding carboxylic acids is 2. The van der Waals surface area contributed by atoms with Gasteiger partial charge in [0, 0.05) is 11.8 Å². The molecule has 0 atom stereocenters. The van der Waals surface area contributed by atoms with Crippen molar-refractivity contribution in [3.8, 4) is 17.2 Å². The Morgan fingerprint density at radius 3 is 2.68 bits per heavy atom. The van der Waals surface area contributed by atoms with Crippen molar-refractivity contribution in [2.45, 2.75) is 6.42 Å². The molecule has 2 aliphatic rings. The topological polar surface area (TPSA) is 85.9 Å². The highest BCUT2D eigenvalue weighted by Crippen LogP contribution is 2.33. The van der Waals surface area contributed by atoms with E-state index in [1.807, 2.05) is 0 Å². The molecule has 2 N–H and O–H groups in total. The number of hydrogen-bond acceptors (Lipinski definition) is 5. The van der Waals surface area contributed by atoms with Crippen LogP contribution in [0.5, 0.6) is 17.2 Å². The Bertz CT molecular complexity index is 849. The number of anilines is 2. The van der Waals surface area contributed by atoms with Crippen molar-refractivity contribution in [3.63, 3.8) is 0 Å². The smallest absolute Gasteiger partial charge is 0.262 e. The molecule has 0 radical (unpaired) electrons. The molecule has 0 bridgehead atoms. The fourth-order valence-corrected chi connectivity index (χ4v) is 2.75. The van der Waals surface area contributed by atoms with E-state index in [9.17, 15) is 9.59 Å². The molecule has 0 saturated carbocycles. The highest BCUT2D eigenvalue weighted by Gasteiger charge is 2.17. The molecule has 2 amide bonds. The summed E-state index contributed by atoms with van der Waals surface area (Å²) >= 11 is 0. The summed E-state index contributed by atoms with van der Waals surface area (Å²) in [7, 11) is 0. The molecule has 0 saturated heterocycles. The lowest BCUT2D eigenvalue weighted by molar-refractivity contribution is -0.118. The Hall–Kier alpha value is -3.22. The van der Waals surface area contributed by atoms with Crippen LogP contribution in [0.4, 0.5) is 11.4 Å². The average Bonchev–Trinajstić information content (AvgIpc) is 2.61. The zero-order valence-electron chi connectivity index (χ0n) is 13.3. The lowest BCUT2D eigenvalue weighted by atomic mass is 10.1. The van der Waals surface area contributed by atoms with Crippen LogP contribution in [0.25, 0.3) is 0 Å². The summed E-state index contributed by atoms with van der Waals surface area (Å²) in [6.45, 7) is 1.03. The molecule has 2 aliphatic heterocycles. The summed E-state index contributed by atoms with van der Waals surface area (Å²) < 4.78 is 16.3. The highest BCUT2D eigenvalue weighted by molar-refractivity contribution is 5.96. The number of benzene rings is 2. The van der Waals surface area contributed by atoms with Gasteiger partial charge in [0.2, 0.25) is 5.91 Å². The van der Waals surface area contributed by atoms with Gasteiger partial charge in [-0.05, 0) is 29.8 Å². The molecule has 25 heavy (non-hydrogen) atoms. The molecule has 0 unspecified atom stereocenters. The van der Waals surface area contributed by atoms with E-state index >= 15 is 0 Å². The highest BCUT2D eigenvalue weighted by atomic mass is 16.6. The molecular formula is C18H16N2O5. The summed E-state index contributed by atoms with van der Waals surface area (Å²) in [6, 6.07) is 10.6. The number of nitrogens with one attached hydrogen (secondary N) is 2. The Labute approximate surface area is 143 Å². The van der Waals surface area contributed by atoms with Crippen LogP contribution in [0.1, 0.15) is 5.56 Å². The Balaban J connectivity index is 1.44. The second-order valence-electron chi connectivity index (χ2n) is 5.75. The number of rotatable bonds is 3. The predicted molar refractivity (Wildman–Crippen MR) is 90.3 cm³/mol. The number of fused-ring (bicyclic) bond motifs is 2. The van der Waals surface area contributed by atoms with Crippen molar-refractivity contribution in [2.24, 2.45) is 0 Å². The fraction of sp³-hybridized carbons (Fsp3) is 0.222. The van der Waals surface area contributed by atoms with E-state index in [1.54, 1.807) is 36.4 Å². The summed E-state index contributed by atoms with van der Waals surface area (Å²) in [5.74, 6) is 1.54. The van der Waals surface area contributed by atoms with Gasteiger partial charge >= 0.3 is 0 Å². The van der Waals surface area contributed by atoms with Gasteiger partial charge in [-0.25, -0.2) is 0 Å². The van der Waals surface area contributed by atoms with E-state index in [0.29, 0.717) is 41.8 Å². The van der Waals surface area contributed by atoms with Crippen molar-refractivity contribution < 1.29 is 23.8 Å². The normalized spacial score (nSPS) is 14.8. The van der Waals surface area contributed by atoms with E-state index in [0.717, 1.165) is 5.56 Å². The minimum Gasteiger partial charge on any atom is -0.486 e. The van der Waals surface area contributed by atoms with Gasteiger partial charge in [0.1, 0.15) is 19.0 Å². The number of hydrogen-bond donors (Lipinski definition) is 2. The molecule has 7 heteroatoms. The maximum atomic E-state index is 12.3. The Morgan fingerprint density at radius 2 is 1.80 bits per heavy atom. The van der Waals surface area contributed by atoms with E-state index in [1.165, 1.54) is 0 Å². The van der Waals surface area contributed by atoms with Gasteiger partial charge in [0.15, 0.2) is 18.1 Å². The van der Waals surface area contributed by atoms with Crippen molar-refractivity contribution in [3.05, 3.63) is 42.0 Å². The van der Waals surface area contributed by atoms with E-state index in [4.69, 9.17) is 14.2 Å². The summed E-state index contributed by atoms with van der Waals surface area (Å²) in [5.41, 5.74) is 2.00. The van der Waals surface area contributed by atoms with E-state index < -0.39 is 0 Å². The molecular weight excluding hydrogens is 324 g/mol. The van der Waals surface area contributed by atoms with Crippen LogP contribution in [-0.2, 0) is 16.0 Å². The minimum atomic E-state index is -0.203. The van der Waals surface area contributed by atoms with Crippen LogP contribution in [0.3, 0.4) is 0 Å². The molecule has 0 aliphatic carbocycles. The van der Waals surface area contributed by atoms with E-state index in [2.05, 4.69) is 10.6 Å². The first-order valence-electron chi connectivity index (χ1n) is 7.92. The standard InChI is InChI=1S/C18H16N2O5/c21-17(19-12-2-4-15-16(9-12)24-6-5-23-15)8-11-1-3-14-13(7-11)20-18(22)10-25-14/h1-4,7,9H,5-6,8,10H2,(H,19,21)(H,20,22). The minimum absolute atomic E-state index is 0.0109. The first-order chi connectivity index (χ1) is 12.2. The summed E-state index contributed by atoms with van der Waals surface area (Å²) in [6.07, 6.45) is 0.178. The first-order valence-corrected chi connectivity index (χ1v) is 7.92. The second-order valence-corrected chi connectivity index (χ2v) is 5.75. The summed E-state index contributed by atoms with van der Waals surface area (Å²) in [4.78, 5) is 23.7. The van der Waals surface area contributed by atoms with Gasteiger partial charge in [0.25, 0.3) is 5.91 Å². The first kappa shape index (κ1) is 15.3. The number of ether oxygens (including phenoxy) is 3. The monoisotopic (exact) mass is 340 g/mol. The molecule has 4 rings (SSSR count). The zero-order chi connectivity index (χ0) is 17.2. The van der Waals surface area contributed by atoms with E-state index in [-0.39, 0.29) is 24.8 Å². The zero-order valence-corrected chi connectivity index (χ0v) is 13.3. The molecule has 7 nitrogen and oxygen atoms in total. The maximum Gasteiger partial charge on any atom is 0.262 e. The Morgan fingerprint density at radius 1 is 1.00 bits per heavy atom. The number of amides is 2. The Kier molecular flexibility index (Phi) is 3.89. The van der Waals surface area contributed by atoms with Gasteiger partial charge in [-0.15, -0.1) is 0 Å². The lowest BCUT2D eigenvalue weighted by Gasteiger charge is -2.19. The number of carbonyl (C=O) groups is 2. The lowest BCUT2D eigenvalue weighted by Crippen LogP contribution is -2.25. The van der Waals surface area contributed by atoms with Crippen LogP contribution in [0.2, 0.25) is 0 Å². The van der Waals surface area contributed by atoms with Crippen molar-refractivity contribution in [1.82, 2.24) is 0 Å². The molecule has 2 aromatic carbocycles. The third kappa shape index (κ3) is 3.35. The molecule has 128 valence electrons. The molecule has 0 spiro atoms. The third-order valence-corrected chi connectivity index (χ3v) is 3.87. The van der Waals surface area contributed by atoms with Crippen LogP contribution in [0, 0.1) is 0 Å². The van der Waals surface area contributed by atoms with Crippen molar-refractivity contribution in [1.29, 1.82) is 0 Å². The molecule has 2 aromatic rings. The molecule has 0 aromatic heterocycles. The van der Waals surface area contributed by atoms with Crippen molar-refractivity contribution >= 4 is 23.2 Å². The van der Waals surface area contributed by atoms with Crippen LogP contribution in [-0.4, -0.2) is 31.6 Å². The van der Waals surface area contributed by atoms with Crippen LogP contribution >= 0.6 is 0 Å². The fourth-order valence-electron chi connectivity index (χ4n) is 2.75. The van der Waals surface area contributed by atoms with Crippen molar-refractivity contribution in [2.75, 3.05) is 30.5 Å². The quantitative estimate of drug-likeness (QED) is 0.892. The third-order valence-electron chi connectivity index (χ3n) is 3.87. The largest absolute Gasteiger partial charge is 0.486 e. The van der Waals surface area contributed by atoms with Gasteiger partial charge in [0.05, 0.1) is 12.1 Å². The maximum absolute atomic E-state index is 12.3.